The standard InChI is InChI=1S/C12H13N3O6S/c1-15(5-4-10(16)17)22(20,21)7-2-3-9-8(6-7)11(18)14-12(19)13-9/h2-3,6H,4-5H2,1H3,(H,16,17)(H2,13,14,18,19). The number of sulfonamides is 1. The van der Waals surface area contributed by atoms with Crippen molar-refractivity contribution in [3.05, 3.63) is 39.0 Å². The second kappa shape index (κ2) is 5.73. The van der Waals surface area contributed by atoms with Crippen LogP contribution in [0, 0.1) is 0 Å². The Balaban J connectivity index is 2.48. The highest BCUT2D eigenvalue weighted by atomic mass is 32.2. The summed E-state index contributed by atoms with van der Waals surface area (Å²) in [6.45, 7) is -0.197. The Morgan fingerprint density at radius 1 is 1.27 bits per heavy atom. The van der Waals surface area contributed by atoms with E-state index in [0.29, 0.717) is 0 Å². The number of carbonyl (C=O) groups is 1. The molecule has 1 heterocycles. The lowest BCUT2D eigenvalue weighted by molar-refractivity contribution is -0.137. The summed E-state index contributed by atoms with van der Waals surface area (Å²) in [7, 11) is -2.68. The topological polar surface area (TPSA) is 140 Å². The maximum absolute atomic E-state index is 12.3. The van der Waals surface area contributed by atoms with Gasteiger partial charge in [0.1, 0.15) is 0 Å². The number of H-pyrrole nitrogens is 2. The van der Waals surface area contributed by atoms with E-state index in [1.54, 1.807) is 0 Å². The Labute approximate surface area is 124 Å². The Morgan fingerprint density at radius 2 is 1.95 bits per heavy atom. The monoisotopic (exact) mass is 327 g/mol. The van der Waals surface area contributed by atoms with E-state index >= 15 is 0 Å². The van der Waals surface area contributed by atoms with Crippen LogP contribution >= 0.6 is 0 Å². The molecule has 0 aliphatic heterocycles. The largest absolute Gasteiger partial charge is 0.481 e. The summed E-state index contributed by atoms with van der Waals surface area (Å²) in [6.07, 6.45) is -0.336. The molecule has 2 rings (SSSR count). The third-order valence-corrected chi connectivity index (χ3v) is 4.91. The molecule has 0 saturated heterocycles. The molecule has 1 aromatic carbocycles. The van der Waals surface area contributed by atoms with Gasteiger partial charge in [0.05, 0.1) is 22.2 Å². The molecule has 3 N–H and O–H groups in total. The van der Waals surface area contributed by atoms with Crippen LogP contribution in [0.15, 0.2) is 32.7 Å². The predicted octanol–water partition coefficient (Wildman–Crippen LogP) is -0.688. The van der Waals surface area contributed by atoms with Crippen LogP contribution in [0.5, 0.6) is 0 Å². The van der Waals surface area contributed by atoms with Crippen molar-refractivity contribution in [1.29, 1.82) is 0 Å². The van der Waals surface area contributed by atoms with Gasteiger partial charge in [-0.2, -0.15) is 0 Å². The summed E-state index contributed by atoms with van der Waals surface area (Å²) in [5.74, 6) is -1.12. The Morgan fingerprint density at radius 3 is 2.59 bits per heavy atom. The minimum atomic E-state index is -3.93. The molecule has 0 unspecified atom stereocenters. The predicted molar refractivity (Wildman–Crippen MR) is 77.3 cm³/mol. The highest BCUT2D eigenvalue weighted by Gasteiger charge is 2.22. The third-order valence-electron chi connectivity index (χ3n) is 3.06. The molecule has 1 aromatic heterocycles. The highest BCUT2D eigenvalue weighted by Crippen LogP contribution is 2.17. The highest BCUT2D eigenvalue weighted by molar-refractivity contribution is 7.89. The molecule has 0 atom stereocenters. The quantitative estimate of drug-likeness (QED) is 0.664. The molecule has 0 amide bonds. The number of aromatic amines is 2. The number of rotatable bonds is 5. The average molecular weight is 327 g/mol. The number of aromatic nitrogens is 2. The molecule has 0 bridgehead atoms. The van der Waals surface area contributed by atoms with Gasteiger partial charge < -0.3 is 10.1 Å². The van der Waals surface area contributed by atoms with Gasteiger partial charge in [-0.25, -0.2) is 17.5 Å². The third kappa shape index (κ3) is 3.07. The molecule has 2 aromatic rings. The summed E-state index contributed by atoms with van der Waals surface area (Å²) in [5, 5.41) is 8.62. The van der Waals surface area contributed by atoms with Crippen molar-refractivity contribution in [2.24, 2.45) is 0 Å². The van der Waals surface area contributed by atoms with Crippen molar-refractivity contribution in [1.82, 2.24) is 14.3 Å². The minimum absolute atomic E-state index is 0.0207. The number of carboxylic acid groups (broad SMARTS) is 1. The summed E-state index contributed by atoms with van der Waals surface area (Å²) in [6, 6.07) is 3.69. The Hall–Kier alpha value is -2.46. The van der Waals surface area contributed by atoms with Gasteiger partial charge >= 0.3 is 11.7 Å². The van der Waals surface area contributed by atoms with Crippen LogP contribution in [0.3, 0.4) is 0 Å². The van der Waals surface area contributed by atoms with Gasteiger partial charge in [-0.05, 0) is 18.2 Å². The molecular weight excluding hydrogens is 314 g/mol. The second-order valence-corrected chi connectivity index (χ2v) is 6.63. The van der Waals surface area contributed by atoms with E-state index in [4.69, 9.17) is 5.11 Å². The van der Waals surface area contributed by atoms with Gasteiger partial charge in [-0.1, -0.05) is 0 Å². The number of benzene rings is 1. The molecule has 0 aliphatic carbocycles. The first-order valence-corrected chi connectivity index (χ1v) is 7.60. The van der Waals surface area contributed by atoms with Crippen LogP contribution in [0.4, 0.5) is 0 Å². The maximum atomic E-state index is 12.3. The van der Waals surface area contributed by atoms with Crippen LogP contribution < -0.4 is 11.2 Å². The zero-order valence-corrected chi connectivity index (χ0v) is 12.3. The number of hydrogen-bond donors (Lipinski definition) is 3. The van der Waals surface area contributed by atoms with Gasteiger partial charge in [-0.3, -0.25) is 14.6 Å². The van der Waals surface area contributed by atoms with Crippen LogP contribution in [0.1, 0.15) is 6.42 Å². The van der Waals surface area contributed by atoms with Crippen LogP contribution in [0.25, 0.3) is 10.9 Å². The van der Waals surface area contributed by atoms with E-state index in [-0.39, 0.29) is 28.8 Å². The molecule has 22 heavy (non-hydrogen) atoms. The first-order chi connectivity index (χ1) is 10.2. The normalized spacial score (nSPS) is 11.9. The van der Waals surface area contributed by atoms with Gasteiger partial charge in [-0.15, -0.1) is 0 Å². The first kappa shape index (κ1) is 15.9. The van der Waals surface area contributed by atoms with E-state index in [2.05, 4.69) is 4.98 Å². The van der Waals surface area contributed by atoms with Crippen molar-refractivity contribution >= 4 is 26.9 Å². The van der Waals surface area contributed by atoms with E-state index in [9.17, 15) is 22.8 Å². The fraction of sp³-hybridized carbons (Fsp3) is 0.250. The van der Waals surface area contributed by atoms with Gasteiger partial charge in [0.15, 0.2) is 0 Å². The van der Waals surface area contributed by atoms with E-state index < -0.39 is 27.2 Å². The first-order valence-electron chi connectivity index (χ1n) is 6.16. The zero-order valence-electron chi connectivity index (χ0n) is 11.5. The smallest absolute Gasteiger partial charge is 0.326 e. The minimum Gasteiger partial charge on any atom is -0.481 e. The van der Waals surface area contributed by atoms with Crippen LogP contribution in [-0.2, 0) is 14.8 Å². The van der Waals surface area contributed by atoms with E-state index in [1.165, 1.54) is 19.2 Å². The number of nitrogens with one attached hydrogen (secondary N) is 2. The Kier molecular flexibility index (Phi) is 4.15. The van der Waals surface area contributed by atoms with Crippen molar-refractivity contribution in [3.63, 3.8) is 0 Å². The van der Waals surface area contributed by atoms with Crippen molar-refractivity contribution in [2.75, 3.05) is 13.6 Å². The molecule has 10 heteroatoms. The molecule has 0 aliphatic rings. The number of fused-ring (bicyclic) bond motifs is 1. The molecular formula is C12H13N3O6S. The lowest BCUT2D eigenvalue weighted by Gasteiger charge is -2.16. The number of aliphatic carboxylic acids is 1. The number of hydrogen-bond acceptors (Lipinski definition) is 5. The summed E-state index contributed by atoms with van der Waals surface area (Å²) in [5.41, 5.74) is -1.18. The average Bonchev–Trinajstić information content (AvgIpc) is 2.43. The summed E-state index contributed by atoms with van der Waals surface area (Å²) < 4.78 is 25.5. The summed E-state index contributed by atoms with van der Waals surface area (Å²) >= 11 is 0. The molecule has 0 radical (unpaired) electrons. The molecule has 0 spiro atoms. The van der Waals surface area contributed by atoms with Crippen LogP contribution in [-0.4, -0.2) is 47.4 Å². The maximum Gasteiger partial charge on any atom is 0.326 e. The number of carboxylic acids is 1. The van der Waals surface area contributed by atoms with E-state index in [1.807, 2.05) is 4.98 Å². The Bertz CT molecular complexity index is 943. The number of nitrogens with zero attached hydrogens (tertiary/aromatic N) is 1. The zero-order chi connectivity index (χ0) is 16.5. The fourth-order valence-corrected chi connectivity index (χ4v) is 3.06. The van der Waals surface area contributed by atoms with Crippen molar-refractivity contribution in [3.8, 4) is 0 Å². The molecule has 0 fully saturated rings. The van der Waals surface area contributed by atoms with Crippen molar-refractivity contribution in [2.45, 2.75) is 11.3 Å². The lowest BCUT2D eigenvalue weighted by atomic mass is 10.2. The van der Waals surface area contributed by atoms with Crippen molar-refractivity contribution < 1.29 is 18.3 Å². The van der Waals surface area contributed by atoms with Crippen LogP contribution in [0.2, 0.25) is 0 Å². The summed E-state index contributed by atoms with van der Waals surface area (Å²) in [4.78, 5) is 37.6. The molecule has 9 nitrogen and oxygen atoms in total. The van der Waals surface area contributed by atoms with E-state index in [0.717, 1.165) is 10.4 Å². The SMILES string of the molecule is CN(CCC(=O)O)S(=O)(=O)c1ccc2[nH]c(=O)[nH]c(=O)c2c1. The van der Waals surface area contributed by atoms with Gasteiger partial charge in [0.25, 0.3) is 5.56 Å². The van der Waals surface area contributed by atoms with Gasteiger partial charge in [0.2, 0.25) is 10.0 Å². The van der Waals surface area contributed by atoms with Gasteiger partial charge in [0, 0.05) is 13.6 Å². The fourth-order valence-electron chi connectivity index (χ4n) is 1.86. The molecule has 118 valence electrons. The molecule has 0 saturated carbocycles. The second-order valence-electron chi connectivity index (χ2n) is 4.59. The lowest BCUT2D eigenvalue weighted by Crippen LogP contribution is -2.29.